The van der Waals surface area contributed by atoms with Gasteiger partial charge >= 0.3 is 6.18 Å². The van der Waals surface area contributed by atoms with E-state index in [-0.39, 0.29) is 16.3 Å². The Labute approximate surface area is 119 Å². The van der Waals surface area contributed by atoms with Gasteiger partial charge in [0.05, 0.1) is 12.9 Å². The van der Waals surface area contributed by atoms with Gasteiger partial charge in [0.1, 0.15) is 5.52 Å². The molecule has 0 radical (unpaired) electrons. The fourth-order valence-corrected chi connectivity index (χ4v) is 2.64. The number of aromatic nitrogens is 4. The zero-order valence-corrected chi connectivity index (χ0v) is 11.3. The van der Waals surface area contributed by atoms with Crippen LogP contribution in [-0.2, 0) is 12.7 Å². The monoisotopic (exact) mass is 318 g/mol. The van der Waals surface area contributed by atoms with Crippen LogP contribution in [0.4, 0.5) is 13.2 Å². The first kappa shape index (κ1) is 13.3. The molecule has 4 nitrogen and oxygen atoms in total. The smallest absolute Gasteiger partial charge is 0.310 e. The first-order valence-electron chi connectivity index (χ1n) is 5.43. The zero-order valence-electron chi connectivity index (χ0n) is 9.73. The van der Waals surface area contributed by atoms with E-state index in [1.165, 1.54) is 22.2 Å². The predicted molar refractivity (Wildman–Crippen MR) is 68.8 cm³/mol. The molecule has 0 unspecified atom stereocenters. The Morgan fingerprint density at radius 3 is 2.75 bits per heavy atom. The molecule has 0 bridgehead atoms. The molecule has 20 heavy (non-hydrogen) atoms. The Balaban J connectivity index is 2.12. The molecule has 3 heterocycles. The lowest BCUT2D eigenvalue weighted by Gasteiger charge is -2.06. The summed E-state index contributed by atoms with van der Waals surface area (Å²) in [6.07, 6.45) is -3.24. The number of hydrogen-bond acceptors (Lipinski definition) is 4. The van der Waals surface area contributed by atoms with Crippen LogP contribution < -0.4 is 0 Å². The number of hydrogen-bond donors (Lipinski definition) is 0. The van der Waals surface area contributed by atoms with E-state index in [2.05, 4.69) is 15.0 Å². The molecular formula is C11H6ClF3N4S. The minimum atomic E-state index is -4.64. The van der Waals surface area contributed by atoms with Crippen LogP contribution in [0.2, 0.25) is 5.15 Å². The maximum atomic E-state index is 12.7. The van der Waals surface area contributed by atoms with Crippen molar-refractivity contribution < 1.29 is 13.2 Å². The van der Waals surface area contributed by atoms with Gasteiger partial charge in [-0.3, -0.25) is 0 Å². The fourth-order valence-electron chi connectivity index (χ4n) is 1.72. The molecule has 104 valence electrons. The van der Waals surface area contributed by atoms with Crippen molar-refractivity contribution in [3.8, 4) is 0 Å². The minimum Gasteiger partial charge on any atom is -0.310 e. The molecule has 3 aromatic heterocycles. The minimum absolute atomic E-state index is 0.0747. The van der Waals surface area contributed by atoms with Crippen molar-refractivity contribution in [2.24, 2.45) is 0 Å². The Hall–Kier alpha value is -1.67. The summed E-state index contributed by atoms with van der Waals surface area (Å²) in [6, 6.07) is 3.74. The summed E-state index contributed by atoms with van der Waals surface area (Å²) in [4.78, 5) is 11.7. The first-order valence-corrected chi connectivity index (χ1v) is 6.69. The van der Waals surface area contributed by atoms with Gasteiger partial charge in [-0.15, -0.1) is 11.3 Å². The molecule has 9 heteroatoms. The van der Waals surface area contributed by atoms with Crippen LogP contribution in [0.15, 0.2) is 23.8 Å². The lowest BCUT2D eigenvalue weighted by Crippen LogP contribution is -2.12. The van der Waals surface area contributed by atoms with Gasteiger partial charge < -0.3 is 4.57 Å². The Morgan fingerprint density at radius 2 is 2.10 bits per heavy atom. The molecule has 0 spiro atoms. The molecule has 0 saturated heterocycles. The van der Waals surface area contributed by atoms with Gasteiger partial charge in [0.15, 0.2) is 10.8 Å². The summed E-state index contributed by atoms with van der Waals surface area (Å²) in [5.41, 5.74) is 0.238. The third-order valence-electron chi connectivity index (χ3n) is 2.58. The second-order valence-electron chi connectivity index (χ2n) is 3.96. The molecule has 0 atom stereocenters. The molecule has 0 aliphatic heterocycles. The van der Waals surface area contributed by atoms with Gasteiger partial charge in [0.2, 0.25) is 5.82 Å². The molecule has 0 fully saturated rings. The number of thiophene rings is 1. The molecule has 0 saturated carbocycles. The van der Waals surface area contributed by atoms with Crippen molar-refractivity contribution in [3.63, 3.8) is 0 Å². The number of nitrogens with zero attached hydrogens (tertiary/aromatic N) is 4. The maximum absolute atomic E-state index is 12.7. The Bertz CT molecular complexity index is 751. The van der Waals surface area contributed by atoms with Gasteiger partial charge in [0.25, 0.3) is 0 Å². The van der Waals surface area contributed by atoms with E-state index < -0.39 is 12.0 Å². The van der Waals surface area contributed by atoms with E-state index in [1.54, 1.807) is 0 Å². The maximum Gasteiger partial charge on any atom is 0.451 e. The van der Waals surface area contributed by atoms with Gasteiger partial charge in [-0.1, -0.05) is 17.7 Å². The second kappa shape index (κ2) is 4.71. The lowest BCUT2D eigenvalue weighted by atomic mass is 10.4. The topological polar surface area (TPSA) is 43.6 Å². The third-order valence-corrected chi connectivity index (χ3v) is 3.71. The highest BCUT2D eigenvalue weighted by atomic mass is 35.5. The SMILES string of the molecule is FC(F)(F)c1nc(Cl)c2ncn(Cc3cccs3)c2n1. The van der Waals surface area contributed by atoms with Crippen molar-refractivity contribution >= 4 is 34.1 Å². The lowest BCUT2D eigenvalue weighted by molar-refractivity contribution is -0.144. The predicted octanol–water partition coefficient (Wildman–Crippen LogP) is 3.61. The largest absolute Gasteiger partial charge is 0.451 e. The molecule has 3 aromatic rings. The van der Waals surface area contributed by atoms with Crippen LogP contribution in [0.1, 0.15) is 10.7 Å². The van der Waals surface area contributed by atoms with Crippen molar-refractivity contribution in [1.29, 1.82) is 0 Å². The average molecular weight is 319 g/mol. The van der Waals surface area contributed by atoms with Crippen molar-refractivity contribution in [3.05, 3.63) is 39.7 Å². The van der Waals surface area contributed by atoms with Crippen LogP contribution in [-0.4, -0.2) is 19.5 Å². The second-order valence-corrected chi connectivity index (χ2v) is 5.35. The van der Waals surface area contributed by atoms with Gasteiger partial charge in [-0.2, -0.15) is 13.2 Å². The van der Waals surface area contributed by atoms with E-state index in [9.17, 15) is 13.2 Å². The van der Waals surface area contributed by atoms with E-state index in [4.69, 9.17) is 11.6 Å². The van der Waals surface area contributed by atoms with Crippen molar-refractivity contribution in [2.45, 2.75) is 12.7 Å². The summed E-state index contributed by atoms with van der Waals surface area (Å²) in [6.45, 7) is 0.388. The quantitative estimate of drug-likeness (QED) is 0.678. The molecular weight excluding hydrogens is 313 g/mol. The van der Waals surface area contributed by atoms with Crippen LogP contribution in [0.5, 0.6) is 0 Å². The van der Waals surface area contributed by atoms with E-state index in [0.29, 0.717) is 6.54 Å². The number of rotatable bonds is 2. The normalized spacial score (nSPS) is 12.2. The Kier molecular flexibility index (Phi) is 3.14. The van der Waals surface area contributed by atoms with E-state index >= 15 is 0 Å². The molecule has 0 N–H and O–H groups in total. The van der Waals surface area contributed by atoms with Crippen molar-refractivity contribution in [1.82, 2.24) is 19.5 Å². The number of halogens is 4. The summed E-state index contributed by atoms with van der Waals surface area (Å²) >= 11 is 7.24. The van der Waals surface area contributed by atoms with Gasteiger partial charge in [-0.05, 0) is 11.4 Å². The number of imidazole rings is 1. The third kappa shape index (κ3) is 2.36. The van der Waals surface area contributed by atoms with Crippen LogP contribution in [0.3, 0.4) is 0 Å². The molecule has 0 aromatic carbocycles. The van der Waals surface area contributed by atoms with Gasteiger partial charge in [-0.25, -0.2) is 15.0 Å². The highest BCUT2D eigenvalue weighted by Crippen LogP contribution is 2.30. The number of alkyl halides is 3. The molecule has 0 aliphatic carbocycles. The van der Waals surface area contributed by atoms with Crippen molar-refractivity contribution in [2.75, 3.05) is 0 Å². The zero-order chi connectivity index (χ0) is 14.3. The van der Waals surface area contributed by atoms with Crippen LogP contribution >= 0.6 is 22.9 Å². The molecule has 0 amide bonds. The standard InChI is InChI=1S/C11H6ClF3N4S/c12-8-7-9(18-10(17-8)11(13,14)15)19(5-16-7)4-6-2-1-3-20-6/h1-3,5H,4H2. The highest BCUT2D eigenvalue weighted by Gasteiger charge is 2.36. The van der Waals surface area contributed by atoms with Crippen LogP contribution in [0, 0.1) is 0 Å². The molecule has 3 rings (SSSR count). The first-order chi connectivity index (χ1) is 9.45. The van der Waals surface area contributed by atoms with E-state index in [1.807, 2.05) is 17.5 Å². The fraction of sp³-hybridized carbons (Fsp3) is 0.182. The Morgan fingerprint density at radius 1 is 1.30 bits per heavy atom. The highest BCUT2D eigenvalue weighted by molar-refractivity contribution is 7.09. The summed E-state index contributed by atoms with van der Waals surface area (Å²) in [7, 11) is 0. The summed E-state index contributed by atoms with van der Waals surface area (Å²) in [5, 5.41) is 1.59. The summed E-state index contributed by atoms with van der Waals surface area (Å²) < 4.78 is 39.6. The number of fused-ring (bicyclic) bond motifs is 1. The molecule has 0 aliphatic rings. The summed E-state index contributed by atoms with van der Waals surface area (Å²) in [5.74, 6) is -1.26. The van der Waals surface area contributed by atoms with Crippen LogP contribution in [0.25, 0.3) is 11.2 Å². The van der Waals surface area contributed by atoms with Gasteiger partial charge in [0, 0.05) is 4.88 Å². The average Bonchev–Trinajstić information content (AvgIpc) is 2.99. The van der Waals surface area contributed by atoms with E-state index in [0.717, 1.165) is 4.88 Å².